The molecule has 2 aromatic rings. The molecule has 0 fully saturated rings. The molecule has 0 radical (unpaired) electrons. The number of pyridine rings is 1. The third kappa shape index (κ3) is 3.90. The van der Waals surface area contributed by atoms with Gasteiger partial charge < -0.3 is 11.1 Å². The second kappa shape index (κ2) is 6.82. The van der Waals surface area contributed by atoms with E-state index >= 15 is 0 Å². The van der Waals surface area contributed by atoms with Gasteiger partial charge in [0, 0.05) is 24.8 Å². The highest BCUT2D eigenvalue weighted by molar-refractivity contribution is 5.94. The Morgan fingerprint density at radius 3 is 2.90 bits per heavy atom. The van der Waals surface area contributed by atoms with Crippen molar-refractivity contribution in [2.45, 2.75) is 19.9 Å². The Labute approximate surface area is 119 Å². The number of nitrogens with zero attached hydrogens (tertiary/aromatic N) is 1. The van der Waals surface area contributed by atoms with Crippen LogP contribution in [0.4, 0.5) is 0 Å². The summed E-state index contributed by atoms with van der Waals surface area (Å²) in [4.78, 5) is 16.1. The van der Waals surface area contributed by atoms with E-state index < -0.39 is 0 Å². The third-order valence-corrected chi connectivity index (χ3v) is 3.07. The van der Waals surface area contributed by atoms with Gasteiger partial charge in [-0.05, 0) is 31.0 Å². The summed E-state index contributed by atoms with van der Waals surface area (Å²) in [6, 6.07) is 11.7. The van der Waals surface area contributed by atoms with E-state index in [1.807, 2.05) is 6.07 Å². The van der Waals surface area contributed by atoms with Crippen molar-refractivity contribution in [3.63, 3.8) is 0 Å². The number of nitrogens with two attached hydrogens (primary N) is 1. The van der Waals surface area contributed by atoms with Crippen molar-refractivity contribution < 1.29 is 4.79 Å². The van der Waals surface area contributed by atoms with Crippen LogP contribution >= 0.6 is 0 Å². The minimum Gasteiger partial charge on any atom is -0.352 e. The van der Waals surface area contributed by atoms with Gasteiger partial charge in [-0.2, -0.15) is 0 Å². The summed E-state index contributed by atoms with van der Waals surface area (Å²) >= 11 is 0. The van der Waals surface area contributed by atoms with Gasteiger partial charge in [-0.3, -0.25) is 9.78 Å². The van der Waals surface area contributed by atoms with Gasteiger partial charge in [-0.25, -0.2) is 0 Å². The highest BCUT2D eigenvalue weighted by atomic mass is 16.1. The van der Waals surface area contributed by atoms with Gasteiger partial charge in [0.2, 0.25) is 0 Å². The molecule has 4 nitrogen and oxygen atoms in total. The van der Waals surface area contributed by atoms with E-state index in [1.165, 1.54) is 11.1 Å². The van der Waals surface area contributed by atoms with Crippen LogP contribution in [-0.4, -0.2) is 17.4 Å². The van der Waals surface area contributed by atoms with Crippen molar-refractivity contribution in [2.75, 3.05) is 6.54 Å². The molecule has 0 saturated heterocycles. The van der Waals surface area contributed by atoms with E-state index in [9.17, 15) is 4.79 Å². The molecule has 0 atom stereocenters. The SMILES string of the molecule is Cc1cccc(CCNC(=O)c2ccnc(CN)c2)c1. The quantitative estimate of drug-likeness (QED) is 0.870. The van der Waals surface area contributed by atoms with Crippen LogP contribution in [0, 0.1) is 6.92 Å². The molecule has 3 N–H and O–H groups in total. The van der Waals surface area contributed by atoms with E-state index in [0.29, 0.717) is 18.7 Å². The number of aryl methyl sites for hydroxylation is 1. The Balaban J connectivity index is 1.89. The van der Waals surface area contributed by atoms with Gasteiger partial charge in [0.15, 0.2) is 0 Å². The van der Waals surface area contributed by atoms with Crippen LogP contribution in [0.5, 0.6) is 0 Å². The van der Waals surface area contributed by atoms with E-state index in [-0.39, 0.29) is 5.91 Å². The van der Waals surface area contributed by atoms with E-state index in [2.05, 4.69) is 35.4 Å². The fraction of sp³-hybridized carbons (Fsp3) is 0.250. The van der Waals surface area contributed by atoms with Crippen LogP contribution in [0.25, 0.3) is 0 Å². The molecule has 0 unspecified atom stereocenters. The van der Waals surface area contributed by atoms with Crippen LogP contribution in [-0.2, 0) is 13.0 Å². The van der Waals surface area contributed by atoms with Crippen LogP contribution in [0.3, 0.4) is 0 Å². The number of rotatable bonds is 5. The monoisotopic (exact) mass is 269 g/mol. The molecular formula is C16H19N3O. The molecule has 0 aliphatic rings. The lowest BCUT2D eigenvalue weighted by Gasteiger charge is -2.07. The molecule has 1 heterocycles. The number of carbonyl (C=O) groups excluding carboxylic acids is 1. The lowest BCUT2D eigenvalue weighted by molar-refractivity contribution is 0.0954. The van der Waals surface area contributed by atoms with Crippen molar-refractivity contribution in [3.05, 3.63) is 65.0 Å². The molecule has 0 aliphatic carbocycles. The standard InChI is InChI=1S/C16H19N3O/c1-12-3-2-4-13(9-12)5-7-19-16(20)14-6-8-18-15(10-14)11-17/h2-4,6,8-10H,5,7,11,17H2,1H3,(H,19,20). The normalized spacial score (nSPS) is 10.3. The summed E-state index contributed by atoms with van der Waals surface area (Å²) in [5.41, 5.74) is 9.29. The molecule has 104 valence electrons. The lowest BCUT2D eigenvalue weighted by Crippen LogP contribution is -2.26. The summed E-state index contributed by atoms with van der Waals surface area (Å²) in [6.45, 7) is 3.01. The van der Waals surface area contributed by atoms with Crippen LogP contribution in [0.1, 0.15) is 27.2 Å². The molecule has 0 aliphatic heterocycles. The number of nitrogens with one attached hydrogen (secondary N) is 1. The van der Waals surface area contributed by atoms with E-state index in [4.69, 9.17) is 5.73 Å². The number of hydrogen-bond acceptors (Lipinski definition) is 3. The summed E-state index contributed by atoms with van der Waals surface area (Å²) in [5.74, 6) is -0.0882. The van der Waals surface area contributed by atoms with Crippen LogP contribution in [0.15, 0.2) is 42.6 Å². The fourth-order valence-corrected chi connectivity index (χ4v) is 2.02. The number of aromatic nitrogens is 1. The number of hydrogen-bond donors (Lipinski definition) is 2. The highest BCUT2D eigenvalue weighted by Gasteiger charge is 2.05. The summed E-state index contributed by atoms with van der Waals surface area (Å²) in [6.07, 6.45) is 2.43. The van der Waals surface area contributed by atoms with Crippen molar-refractivity contribution in [3.8, 4) is 0 Å². The average molecular weight is 269 g/mol. The largest absolute Gasteiger partial charge is 0.352 e. The van der Waals surface area contributed by atoms with Crippen LogP contribution in [0.2, 0.25) is 0 Å². The number of benzene rings is 1. The Morgan fingerprint density at radius 1 is 1.30 bits per heavy atom. The fourth-order valence-electron chi connectivity index (χ4n) is 2.02. The van der Waals surface area contributed by atoms with Gasteiger partial charge in [0.05, 0.1) is 5.69 Å². The summed E-state index contributed by atoms with van der Waals surface area (Å²) in [5, 5.41) is 2.91. The van der Waals surface area contributed by atoms with Crippen molar-refractivity contribution >= 4 is 5.91 Å². The number of amides is 1. The van der Waals surface area contributed by atoms with E-state index in [0.717, 1.165) is 12.1 Å². The molecule has 20 heavy (non-hydrogen) atoms. The topological polar surface area (TPSA) is 68.0 Å². The minimum absolute atomic E-state index is 0.0882. The maximum absolute atomic E-state index is 12.0. The molecule has 0 bridgehead atoms. The maximum Gasteiger partial charge on any atom is 0.251 e. The second-order valence-electron chi connectivity index (χ2n) is 4.73. The minimum atomic E-state index is -0.0882. The zero-order chi connectivity index (χ0) is 14.4. The van der Waals surface area contributed by atoms with Gasteiger partial charge in [0.1, 0.15) is 0 Å². The molecule has 1 amide bonds. The van der Waals surface area contributed by atoms with Gasteiger partial charge in [0.25, 0.3) is 5.91 Å². The molecule has 1 aromatic carbocycles. The van der Waals surface area contributed by atoms with Crippen molar-refractivity contribution in [1.29, 1.82) is 0 Å². The van der Waals surface area contributed by atoms with Gasteiger partial charge in [-0.1, -0.05) is 29.8 Å². The number of carbonyl (C=O) groups is 1. The molecule has 0 spiro atoms. The summed E-state index contributed by atoms with van der Waals surface area (Å²) < 4.78 is 0. The Kier molecular flexibility index (Phi) is 4.85. The Morgan fingerprint density at radius 2 is 2.15 bits per heavy atom. The third-order valence-electron chi connectivity index (χ3n) is 3.07. The highest BCUT2D eigenvalue weighted by Crippen LogP contribution is 2.05. The van der Waals surface area contributed by atoms with E-state index in [1.54, 1.807) is 18.3 Å². The zero-order valence-electron chi connectivity index (χ0n) is 11.6. The first kappa shape index (κ1) is 14.2. The maximum atomic E-state index is 12.0. The van der Waals surface area contributed by atoms with Gasteiger partial charge in [-0.15, -0.1) is 0 Å². The molecule has 0 saturated carbocycles. The Bertz CT molecular complexity index is 596. The first-order valence-corrected chi connectivity index (χ1v) is 6.68. The predicted octanol–water partition coefficient (Wildman–Crippen LogP) is 1.82. The molecule has 1 aromatic heterocycles. The van der Waals surface area contributed by atoms with Crippen molar-refractivity contribution in [1.82, 2.24) is 10.3 Å². The molecule has 4 heteroatoms. The van der Waals surface area contributed by atoms with Gasteiger partial charge >= 0.3 is 0 Å². The summed E-state index contributed by atoms with van der Waals surface area (Å²) in [7, 11) is 0. The zero-order valence-corrected chi connectivity index (χ0v) is 11.6. The lowest BCUT2D eigenvalue weighted by atomic mass is 10.1. The molecule has 2 rings (SSSR count). The van der Waals surface area contributed by atoms with Crippen LogP contribution < -0.4 is 11.1 Å². The first-order valence-electron chi connectivity index (χ1n) is 6.68. The van der Waals surface area contributed by atoms with Crippen molar-refractivity contribution in [2.24, 2.45) is 5.73 Å². The Hall–Kier alpha value is -2.20. The first-order chi connectivity index (χ1) is 9.69. The average Bonchev–Trinajstić information content (AvgIpc) is 2.47. The smallest absolute Gasteiger partial charge is 0.251 e. The second-order valence-corrected chi connectivity index (χ2v) is 4.73. The predicted molar refractivity (Wildman–Crippen MR) is 79.3 cm³/mol. The molecular weight excluding hydrogens is 250 g/mol.